The van der Waals surface area contributed by atoms with Crippen molar-refractivity contribution >= 4 is 11.6 Å². The van der Waals surface area contributed by atoms with E-state index in [1.807, 2.05) is 26.8 Å². The van der Waals surface area contributed by atoms with Gasteiger partial charge in [0.2, 0.25) is 5.88 Å². The minimum absolute atomic E-state index is 0.308. The average Bonchev–Trinajstić information content (AvgIpc) is 3.48. The van der Waals surface area contributed by atoms with Crippen LogP contribution >= 0.6 is 0 Å². The van der Waals surface area contributed by atoms with Crippen LogP contribution in [0.4, 0.5) is 5.69 Å². The molecule has 0 radical (unpaired) electrons. The summed E-state index contributed by atoms with van der Waals surface area (Å²) < 4.78 is 19.9. The topological polar surface area (TPSA) is 118 Å². The largest absolute Gasteiger partial charge is 0.497 e. The van der Waals surface area contributed by atoms with Gasteiger partial charge in [0.25, 0.3) is 5.91 Å². The number of benzene rings is 2. The molecule has 0 spiro atoms. The highest BCUT2D eigenvalue weighted by Crippen LogP contribution is 2.33. The van der Waals surface area contributed by atoms with E-state index in [1.54, 1.807) is 80.5 Å². The average molecular weight is 540 g/mol. The van der Waals surface area contributed by atoms with E-state index in [0.29, 0.717) is 46.0 Å². The van der Waals surface area contributed by atoms with Gasteiger partial charge >= 0.3 is 0 Å². The van der Waals surface area contributed by atoms with Gasteiger partial charge < -0.3 is 19.5 Å². The van der Waals surface area contributed by atoms with Crippen LogP contribution in [0, 0.1) is 20.8 Å². The number of aryl methyl sites for hydroxylation is 2. The molecule has 3 heterocycles. The van der Waals surface area contributed by atoms with E-state index < -0.39 is 0 Å². The molecule has 0 aliphatic carbocycles. The predicted octanol–water partition coefficient (Wildman–Crippen LogP) is 5.05. The molecule has 11 heteroatoms. The zero-order valence-electron chi connectivity index (χ0n) is 23.1. The molecule has 5 rings (SSSR count). The second kappa shape index (κ2) is 10.9. The molecule has 0 unspecified atom stereocenters. The van der Waals surface area contributed by atoms with Crippen LogP contribution in [0.2, 0.25) is 0 Å². The van der Waals surface area contributed by atoms with Crippen LogP contribution in [-0.2, 0) is 7.05 Å². The van der Waals surface area contributed by atoms with Gasteiger partial charge in [-0.2, -0.15) is 10.2 Å². The summed E-state index contributed by atoms with van der Waals surface area (Å²) in [6.07, 6.45) is 0. The first kappa shape index (κ1) is 26.4. The summed E-state index contributed by atoms with van der Waals surface area (Å²) >= 11 is 0. The van der Waals surface area contributed by atoms with Gasteiger partial charge in [-0.25, -0.2) is 4.68 Å². The molecular weight excluding hydrogens is 510 g/mol. The molecule has 0 saturated heterocycles. The van der Waals surface area contributed by atoms with E-state index in [2.05, 4.69) is 25.7 Å². The Labute approximate surface area is 231 Å². The minimum atomic E-state index is -0.308. The number of carbonyl (C=O) groups excluding carboxylic acids is 1. The fourth-order valence-electron chi connectivity index (χ4n) is 4.17. The number of hydrogen-bond acceptors (Lipinski definition) is 8. The predicted molar refractivity (Wildman–Crippen MR) is 150 cm³/mol. The van der Waals surface area contributed by atoms with Crippen molar-refractivity contribution in [2.75, 3.05) is 19.5 Å². The number of carbonyl (C=O) groups is 1. The van der Waals surface area contributed by atoms with Crippen molar-refractivity contribution in [2.45, 2.75) is 20.8 Å². The molecule has 1 N–H and O–H groups in total. The van der Waals surface area contributed by atoms with Gasteiger partial charge in [0, 0.05) is 30.1 Å². The summed E-state index contributed by atoms with van der Waals surface area (Å²) in [6.45, 7) is 5.98. The van der Waals surface area contributed by atoms with Crippen LogP contribution in [0.15, 0.2) is 60.7 Å². The zero-order valence-corrected chi connectivity index (χ0v) is 23.1. The first-order valence-electron chi connectivity index (χ1n) is 12.5. The Balaban J connectivity index is 1.26. The molecule has 0 bridgehead atoms. The number of ether oxygens (including phenoxy) is 3. The number of methoxy groups -OCH3 is 2. The van der Waals surface area contributed by atoms with Crippen LogP contribution in [0.5, 0.6) is 23.1 Å². The Kier molecular flexibility index (Phi) is 7.19. The standard InChI is InChI=1S/C29H29N7O4/c1-17-18(2)33-36(19(17)3)27-13-14-28(32-31-27)40-21-9-7-20(8-10-21)30-29(37)25-16-24(34-35(25)4)23-15-22(38-5)11-12-26(23)39-6/h7-16H,1-6H3,(H,30,37). The maximum Gasteiger partial charge on any atom is 0.273 e. The Bertz CT molecular complexity index is 1670. The molecular formula is C29H29N7O4. The molecule has 0 aliphatic rings. The molecule has 0 atom stereocenters. The molecule has 204 valence electrons. The SMILES string of the molecule is COc1ccc(OC)c(-c2cc(C(=O)Nc3ccc(Oc4ccc(-n5nc(C)c(C)c5C)nn4)cc3)n(C)n2)c1. The number of anilines is 1. The van der Waals surface area contributed by atoms with E-state index in [4.69, 9.17) is 14.2 Å². The van der Waals surface area contributed by atoms with Crippen LogP contribution < -0.4 is 19.5 Å². The van der Waals surface area contributed by atoms with Crippen molar-refractivity contribution in [1.82, 2.24) is 29.8 Å². The Morgan fingerprint density at radius 2 is 1.60 bits per heavy atom. The van der Waals surface area contributed by atoms with Crippen molar-refractivity contribution in [3.8, 4) is 40.2 Å². The summed E-state index contributed by atoms with van der Waals surface area (Å²) in [6, 6.07) is 17.6. The molecule has 1 amide bonds. The van der Waals surface area contributed by atoms with Gasteiger partial charge in [-0.3, -0.25) is 9.48 Å². The summed E-state index contributed by atoms with van der Waals surface area (Å²) in [7, 11) is 4.89. The highest BCUT2D eigenvalue weighted by Gasteiger charge is 2.18. The van der Waals surface area contributed by atoms with Crippen LogP contribution in [0.3, 0.4) is 0 Å². The fraction of sp³-hybridized carbons (Fsp3) is 0.207. The molecule has 40 heavy (non-hydrogen) atoms. The Morgan fingerprint density at radius 3 is 2.23 bits per heavy atom. The maximum absolute atomic E-state index is 13.0. The van der Waals surface area contributed by atoms with Gasteiger partial charge in [0.15, 0.2) is 5.82 Å². The monoisotopic (exact) mass is 539 g/mol. The number of rotatable bonds is 8. The van der Waals surface area contributed by atoms with Crippen molar-refractivity contribution in [3.63, 3.8) is 0 Å². The Hall–Kier alpha value is -5.19. The lowest BCUT2D eigenvalue weighted by molar-refractivity contribution is 0.101. The second-order valence-corrected chi connectivity index (χ2v) is 9.12. The minimum Gasteiger partial charge on any atom is -0.497 e. The normalized spacial score (nSPS) is 10.8. The molecule has 5 aromatic rings. The van der Waals surface area contributed by atoms with Gasteiger partial charge in [-0.05, 0) is 80.9 Å². The third kappa shape index (κ3) is 5.21. The smallest absolute Gasteiger partial charge is 0.273 e. The van der Waals surface area contributed by atoms with Crippen LogP contribution in [0.1, 0.15) is 27.4 Å². The van der Waals surface area contributed by atoms with Gasteiger partial charge in [-0.1, -0.05) is 0 Å². The van der Waals surface area contributed by atoms with Crippen molar-refractivity contribution in [1.29, 1.82) is 0 Å². The highest BCUT2D eigenvalue weighted by molar-refractivity contribution is 6.03. The van der Waals surface area contributed by atoms with Crippen molar-refractivity contribution < 1.29 is 19.0 Å². The lowest BCUT2D eigenvalue weighted by atomic mass is 10.1. The van der Waals surface area contributed by atoms with Crippen molar-refractivity contribution in [3.05, 3.63) is 83.3 Å². The summed E-state index contributed by atoms with van der Waals surface area (Å²) in [5.74, 6) is 2.49. The number of aromatic nitrogens is 6. The molecule has 11 nitrogen and oxygen atoms in total. The molecule has 0 saturated carbocycles. The summed E-state index contributed by atoms with van der Waals surface area (Å²) in [5.41, 5.74) is 5.38. The first-order chi connectivity index (χ1) is 19.3. The van der Waals surface area contributed by atoms with E-state index in [9.17, 15) is 4.79 Å². The number of amides is 1. The Morgan fingerprint density at radius 1 is 0.850 bits per heavy atom. The van der Waals surface area contributed by atoms with Crippen molar-refractivity contribution in [2.24, 2.45) is 7.05 Å². The first-order valence-corrected chi connectivity index (χ1v) is 12.5. The van der Waals surface area contributed by atoms with Gasteiger partial charge in [0.05, 0.1) is 25.6 Å². The van der Waals surface area contributed by atoms with E-state index in [1.165, 1.54) is 4.68 Å². The summed E-state index contributed by atoms with van der Waals surface area (Å²) in [5, 5.41) is 20.3. The third-order valence-corrected chi connectivity index (χ3v) is 6.63. The number of nitrogens with zero attached hydrogens (tertiary/aromatic N) is 6. The zero-order chi connectivity index (χ0) is 28.4. The molecule has 0 fully saturated rings. The van der Waals surface area contributed by atoms with E-state index in [-0.39, 0.29) is 5.91 Å². The molecule has 0 aliphatic heterocycles. The fourth-order valence-corrected chi connectivity index (χ4v) is 4.17. The van der Waals surface area contributed by atoms with Gasteiger partial charge in [0.1, 0.15) is 22.9 Å². The van der Waals surface area contributed by atoms with Crippen LogP contribution in [0.25, 0.3) is 17.1 Å². The summed E-state index contributed by atoms with van der Waals surface area (Å²) in [4.78, 5) is 13.0. The highest BCUT2D eigenvalue weighted by atomic mass is 16.5. The third-order valence-electron chi connectivity index (χ3n) is 6.63. The van der Waals surface area contributed by atoms with E-state index in [0.717, 1.165) is 22.5 Å². The maximum atomic E-state index is 13.0. The quantitative estimate of drug-likeness (QED) is 0.291. The number of nitrogens with one attached hydrogen (secondary N) is 1. The lowest BCUT2D eigenvalue weighted by Gasteiger charge is -2.08. The van der Waals surface area contributed by atoms with Gasteiger partial charge in [-0.15, -0.1) is 10.2 Å². The lowest BCUT2D eigenvalue weighted by Crippen LogP contribution is -2.15. The molecule has 3 aromatic heterocycles. The van der Waals surface area contributed by atoms with Crippen LogP contribution in [-0.4, -0.2) is 49.9 Å². The second-order valence-electron chi connectivity index (χ2n) is 9.12. The number of hydrogen-bond donors (Lipinski definition) is 1. The molecule has 2 aromatic carbocycles. The van der Waals surface area contributed by atoms with E-state index >= 15 is 0 Å².